The largest absolute Gasteiger partial charge is 0.481 e. The van der Waals surface area contributed by atoms with E-state index in [1.54, 1.807) is 6.26 Å². The Morgan fingerprint density at radius 2 is 1.83 bits per heavy atom. The van der Waals surface area contributed by atoms with Crippen molar-refractivity contribution in [1.29, 1.82) is 0 Å². The Hall–Kier alpha value is -2.96. The Bertz CT molecular complexity index is 957. The van der Waals surface area contributed by atoms with Gasteiger partial charge in [0.15, 0.2) is 0 Å². The van der Waals surface area contributed by atoms with E-state index in [1.165, 1.54) is 0 Å². The SMILES string of the molecule is O=C(O)[C@@]1(Cc2ccccc2)CN(Cc2coc(-c3ccccc3)n2)CC[C@@H]1O. The number of carbonyl (C=O) groups is 1. The van der Waals surface area contributed by atoms with Crippen molar-refractivity contribution < 1.29 is 19.4 Å². The van der Waals surface area contributed by atoms with Crippen LogP contribution in [0.15, 0.2) is 71.3 Å². The van der Waals surface area contributed by atoms with Crippen molar-refractivity contribution in [2.75, 3.05) is 13.1 Å². The van der Waals surface area contributed by atoms with E-state index in [-0.39, 0.29) is 13.0 Å². The minimum atomic E-state index is -1.24. The van der Waals surface area contributed by atoms with E-state index in [9.17, 15) is 15.0 Å². The number of nitrogens with zero attached hydrogens (tertiary/aromatic N) is 2. The molecule has 0 amide bonds. The van der Waals surface area contributed by atoms with Crippen LogP contribution in [-0.2, 0) is 17.8 Å². The van der Waals surface area contributed by atoms with E-state index >= 15 is 0 Å². The number of aromatic nitrogens is 1. The van der Waals surface area contributed by atoms with Gasteiger partial charge >= 0.3 is 5.97 Å². The van der Waals surface area contributed by atoms with Crippen molar-refractivity contribution >= 4 is 5.97 Å². The number of carboxylic acids is 1. The number of likely N-dealkylation sites (tertiary alicyclic amines) is 1. The molecule has 1 fully saturated rings. The lowest BCUT2D eigenvalue weighted by Crippen LogP contribution is -2.56. The molecule has 0 saturated carbocycles. The molecule has 2 aromatic carbocycles. The van der Waals surface area contributed by atoms with Crippen LogP contribution in [0.2, 0.25) is 0 Å². The highest BCUT2D eigenvalue weighted by molar-refractivity contribution is 5.76. The lowest BCUT2D eigenvalue weighted by Gasteiger charge is -2.43. The average molecular weight is 392 g/mol. The van der Waals surface area contributed by atoms with Crippen molar-refractivity contribution in [3.63, 3.8) is 0 Å². The number of aliphatic hydroxyl groups excluding tert-OH is 1. The van der Waals surface area contributed by atoms with Gasteiger partial charge in [0.25, 0.3) is 0 Å². The number of carboxylic acid groups (broad SMARTS) is 1. The summed E-state index contributed by atoms with van der Waals surface area (Å²) in [5, 5.41) is 20.7. The fourth-order valence-electron chi connectivity index (χ4n) is 4.04. The van der Waals surface area contributed by atoms with E-state index in [4.69, 9.17) is 4.42 Å². The zero-order valence-corrected chi connectivity index (χ0v) is 16.1. The van der Waals surface area contributed by atoms with Crippen molar-refractivity contribution in [2.24, 2.45) is 5.41 Å². The number of aliphatic carboxylic acids is 1. The van der Waals surface area contributed by atoms with Crippen LogP contribution in [0.4, 0.5) is 0 Å². The average Bonchev–Trinajstić information content (AvgIpc) is 3.20. The van der Waals surface area contributed by atoms with Crippen LogP contribution in [-0.4, -0.2) is 45.3 Å². The topological polar surface area (TPSA) is 86.8 Å². The molecule has 2 heterocycles. The first-order valence-electron chi connectivity index (χ1n) is 9.74. The molecule has 1 aromatic heterocycles. The molecule has 1 aliphatic rings. The molecule has 1 aliphatic heterocycles. The monoisotopic (exact) mass is 392 g/mol. The third kappa shape index (κ3) is 4.09. The molecular weight excluding hydrogens is 368 g/mol. The minimum Gasteiger partial charge on any atom is -0.481 e. The van der Waals surface area contributed by atoms with Gasteiger partial charge < -0.3 is 14.6 Å². The molecule has 0 aliphatic carbocycles. The number of aliphatic hydroxyl groups is 1. The van der Waals surface area contributed by atoms with Gasteiger partial charge in [0.05, 0.1) is 11.8 Å². The van der Waals surface area contributed by atoms with Crippen LogP contribution in [0.25, 0.3) is 11.5 Å². The molecular formula is C23H24N2O4. The third-order valence-corrected chi connectivity index (χ3v) is 5.61. The smallest absolute Gasteiger partial charge is 0.313 e. The number of hydrogen-bond donors (Lipinski definition) is 2. The Balaban J connectivity index is 1.52. The molecule has 0 bridgehead atoms. The van der Waals surface area contributed by atoms with Gasteiger partial charge in [-0.3, -0.25) is 9.69 Å². The first-order valence-corrected chi connectivity index (χ1v) is 9.74. The maximum absolute atomic E-state index is 12.3. The first kappa shape index (κ1) is 19.4. The Morgan fingerprint density at radius 1 is 1.14 bits per heavy atom. The van der Waals surface area contributed by atoms with Gasteiger partial charge in [-0.25, -0.2) is 4.98 Å². The van der Waals surface area contributed by atoms with Crippen LogP contribution < -0.4 is 0 Å². The van der Waals surface area contributed by atoms with Gasteiger partial charge in [0, 0.05) is 25.2 Å². The van der Waals surface area contributed by atoms with Crippen molar-refractivity contribution in [2.45, 2.75) is 25.5 Å². The fraction of sp³-hybridized carbons (Fsp3) is 0.304. The maximum Gasteiger partial charge on any atom is 0.313 e. The first-order chi connectivity index (χ1) is 14.1. The predicted molar refractivity (Wildman–Crippen MR) is 108 cm³/mol. The van der Waals surface area contributed by atoms with Gasteiger partial charge in [0.1, 0.15) is 11.7 Å². The lowest BCUT2D eigenvalue weighted by atomic mass is 9.73. The van der Waals surface area contributed by atoms with E-state index in [0.717, 1.165) is 16.8 Å². The standard InChI is InChI=1S/C23H24N2O4/c26-20-11-12-25(14-19-15-29-21(24-19)18-9-5-2-6-10-18)16-23(20,22(27)28)13-17-7-3-1-4-8-17/h1-10,15,20,26H,11-14,16H2,(H,27,28)/t20-,23-/m0/s1. The van der Waals surface area contributed by atoms with Crippen LogP contribution in [0.3, 0.4) is 0 Å². The normalized spacial score (nSPS) is 22.4. The van der Waals surface area contributed by atoms with Crippen molar-refractivity contribution in [3.05, 3.63) is 78.2 Å². The molecule has 6 heteroatoms. The highest BCUT2D eigenvalue weighted by atomic mass is 16.4. The molecule has 0 spiro atoms. The van der Waals surface area contributed by atoms with Gasteiger partial charge in [-0.1, -0.05) is 48.5 Å². The molecule has 150 valence electrons. The summed E-state index contributed by atoms with van der Waals surface area (Å²) in [7, 11) is 0. The minimum absolute atomic E-state index is 0.256. The highest BCUT2D eigenvalue weighted by Crippen LogP contribution is 2.35. The summed E-state index contributed by atoms with van der Waals surface area (Å²) in [5.41, 5.74) is 1.31. The van der Waals surface area contributed by atoms with Crippen molar-refractivity contribution in [1.82, 2.24) is 9.88 Å². The summed E-state index contributed by atoms with van der Waals surface area (Å²) in [6, 6.07) is 19.1. The summed E-state index contributed by atoms with van der Waals surface area (Å²) in [4.78, 5) is 18.8. The van der Waals surface area contributed by atoms with Gasteiger partial charge in [-0.2, -0.15) is 0 Å². The lowest BCUT2D eigenvalue weighted by molar-refractivity contribution is -0.163. The molecule has 1 saturated heterocycles. The van der Waals surface area contributed by atoms with Gasteiger partial charge in [-0.15, -0.1) is 0 Å². The highest BCUT2D eigenvalue weighted by Gasteiger charge is 2.49. The van der Waals surface area contributed by atoms with Crippen LogP contribution in [0.5, 0.6) is 0 Å². The Labute approximate surface area is 169 Å². The summed E-state index contributed by atoms with van der Waals surface area (Å²) < 4.78 is 5.60. The number of rotatable bonds is 6. The number of piperidine rings is 1. The van der Waals surface area contributed by atoms with Crippen LogP contribution >= 0.6 is 0 Å². The number of oxazole rings is 1. The molecule has 3 aromatic rings. The van der Waals surface area contributed by atoms with E-state index in [0.29, 0.717) is 25.4 Å². The number of benzene rings is 2. The maximum atomic E-state index is 12.3. The van der Waals surface area contributed by atoms with E-state index < -0.39 is 17.5 Å². The molecule has 0 unspecified atom stereocenters. The second kappa shape index (κ2) is 8.19. The number of hydrogen-bond acceptors (Lipinski definition) is 5. The Morgan fingerprint density at radius 3 is 2.52 bits per heavy atom. The second-order valence-electron chi connectivity index (χ2n) is 7.65. The summed E-state index contributed by atoms with van der Waals surface area (Å²) in [6.07, 6.45) is 1.42. The van der Waals surface area contributed by atoms with Crippen molar-refractivity contribution in [3.8, 4) is 11.5 Å². The summed E-state index contributed by atoms with van der Waals surface area (Å²) >= 11 is 0. The zero-order chi connectivity index (χ0) is 20.3. The van der Waals surface area contributed by atoms with Gasteiger partial charge in [-0.05, 0) is 30.5 Å². The predicted octanol–water partition coefficient (Wildman–Crippen LogP) is 3.22. The molecule has 2 N–H and O–H groups in total. The zero-order valence-electron chi connectivity index (χ0n) is 16.1. The van der Waals surface area contributed by atoms with Gasteiger partial charge in [0.2, 0.25) is 5.89 Å². The molecule has 2 atom stereocenters. The third-order valence-electron chi connectivity index (χ3n) is 5.61. The van der Waals surface area contributed by atoms with Crippen LogP contribution in [0.1, 0.15) is 17.7 Å². The second-order valence-corrected chi connectivity index (χ2v) is 7.65. The van der Waals surface area contributed by atoms with E-state index in [1.807, 2.05) is 65.6 Å². The molecule has 0 radical (unpaired) electrons. The summed E-state index contributed by atoms with van der Waals surface area (Å²) in [5.74, 6) is -0.421. The Kier molecular flexibility index (Phi) is 5.47. The molecule has 6 nitrogen and oxygen atoms in total. The fourth-order valence-corrected chi connectivity index (χ4v) is 4.04. The quantitative estimate of drug-likeness (QED) is 0.670. The van der Waals surface area contributed by atoms with Crippen LogP contribution in [0, 0.1) is 5.41 Å². The molecule has 4 rings (SSSR count). The van der Waals surface area contributed by atoms with E-state index in [2.05, 4.69) is 4.98 Å². The summed E-state index contributed by atoms with van der Waals surface area (Å²) in [6.45, 7) is 1.34. The molecule has 29 heavy (non-hydrogen) atoms.